The predicted octanol–water partition coefficient (Wildman–Crippen LogP) is 1.53. The van der Waals surface area contributed by atoms with Gasteiger partial charge in [0.2, 0.25) is 0 Å². The molecular weight excluding hydrogens is 136 g/mol. The maximum absolute atomic E-state index is 7.69. The third-order valence-electron chi connectivity index (χ3n) is 1.63. The lowest BCUT2D eigenvalue weighted by molar-refractivity contribution is 0.298. The number of benzene rings is 1. The first-order chi connectivity index (χ1) is 5.22. The van der Waals surface area contributed by atoms with E-state index in [1.54, 1.807) is 0 Å². The van der Waals surface area contributed by atoms with Crippen LogP contribution in [0.5, 0.6) is 0 Å². The number of nitrogens with zero attached hydrogens (tertiary/aromatic N) is 1. The van der Waals surface area contributed by atoms with Gasteiger partial charge in [-0.3, -0.25) is 4.90 Å². The molecule has 0 aromatic heterocycles. The van der Waals surface area contributed by atoms with Crippen LogP contribution in [-0.4, -0.2) is 19.0 Å². The second kappa shape index (κ2) is 3.51. The highest BCUT2D eigenvalue weighted by molar-refractivity contribution is 5.17. The molecule has 1 rings (SSSR count). The van der Waals surface area contributed by atoms with Crippen LogP contribution in [0, 0.1) is 0 Å². The minimum absolute atomic E-state index is 0.240. The minimum Gasteiger partial charge on any atom is -0.289 e. The standard InChI is InChI=1S/C9H13N2/c1-11(2)9(10)8-6-4-3-5-7-8/h3-7,9-10H,1-2H3. The van der Waals surface area contributed by atoms with Crippen LogP contribution < -0.4 is 5.73 Å². The van der Waals surface area contributed by atoms with Crippen molar-refractivity contribution in [2.75, 3.05) is 14.1 Å². The fourth-order valence-corrected chi connectivity index (χ4v) is 0.933. The number of hydrogen-bond donors (Lipinski definition) is 0. The van der Waals surface area contributed by atoms with E-state index in [1.165, 1.54) is 0 Å². The largest absolute Gasteiger partial charge is 0.289 e. The van der Waals surface area contributed by atoms with Crippen molar-refractivity contribution in [1.29, 1.82) is 0 Å². The Morgan fingerprint density at radius 1 is 1.18 bits per heavy atom. The van der Waals surface area contributed by atoms with E-state index in [9.17, 15) is 0 Å². The quantitative estimate of drug-likeness (QED) is 0.626. The van der Waals surface area contributed by atoms with Crippen LogP contribution in [-0.2, 0) is 0 Å². The Morgan fingerprint density at radius 3 is 2.18 bits per heavy atom. The number of nitrogens with one attached hydrogen (secondary N) is 1. The van der Waals surface area contributed by atoms with Crippen molar-refractivity contribution in [1.82, 2.24) is 10.6 Å². The van der Waals surface area contributed by atoms with Gasteiger partial charge in [0.1, 0.15) is 0 Å². The molecule has 1 aromatic rings. The molecule has 0 bridgehead atoms. The van der Waals surface area contributed by atoms with E-state index in [2.05, 4.69) is 0 Å². The van der Waals surface area contributed by atoms with Crippen molar-refractivity contribution in [3.05, 3.63) is 35.9 Å². The first-order valence-electron chi connectivity index (χ1n) is 3.64. The Labute approximate surface area is 67.6 Å². The van der Waals surface area contributed by atoms with Crippen LogP contribution in [0.15, 0.2) is 30.3 Å². The van der Waals surface area contributed by atoms with E-state index in [-0.39, 0.29) is 6.17 Å². The van der Waals surface area contributed by atoms with Gasteiger partial charge in [0, 0.05) is 0 Å². The highest BCUT2D eigenvalue weighted by atomic mass is 15.2. The zero-order valence-electron chi connectivity index (χ0n) is 6.91. The Kier molecular flexibility index (Phi) is 2.63. The van der Waals surface area contributed by atoms with Gasteiger partial charge in [-0.2, -0.15) is 0 Å². The first-order valence-corrected chi connectivity index (χ1v) is 3.64. The summed E-state index contributed by atoms with van der Waals surface area (Å²) in [6.07, 6.45) is -0.240. The Bertz CT molecular complexity index is 206. The summed E-state index contributed by atoms with van der Waals surface area (Å²) in [7, 11) is 3.81. The van der Waals surface area contributed by atoms with Crippen molar-refractivity contribution >= 4 is 0 Å². The summed E-state index contributed by atoms with van der Waals surface area (Å²) in [4.78, 5) is 1.87. The minimum atomic E-state index is -0.240. The summed E-state index contributed by atoms with van der Waals surface area (Å²) in [5, 5.41) is 0. The van der Waals surface area contributed by atoms with Crippen LogP contribution in [0.2, 0.25) is 0 Å². The van der Waals surface area contributed by atoms with Crippen LogP contribution >= 0.6 is 0 Å². The van der Waals surface area contributed by atoms with E-state index in [0.29, 0.717) is 0 Å². The van der Waals surface area contributed by atoms with Crippen LogP contribution in [0.25, 0.3) is 0 Å². The SMILES string of the molecule is CN(C)C([NH])c1ccccc1. The molecule has 0 aliphatic heterocycles. The second-order valence-electron chi connectivity index (χ2n) is 2.78. The van der Waals surface area contributed by atoms with Crippen LogP contribution in [0.3, 0.4) is 0 Å². The topological polar surface area (TPSA) is 27.0 Å². The number of rotatable bonds is 2. The Morgan fingerprint density at radius 2 is 1.73 bits per heavy atom. The molecule has 2 nitrogen and oxygen atoms in total. The highest BCUT2D eigenvalue weighted by Crippen LogP contribution is 2.11. The summed E-state index contributed by atoms with van der Waals surface area (Å²) in [6.45, 7) is 0. The smallest absolute Gasteiger partial charge is 0.0983 e. The van der Waals surface area contributed by atoms with E-state index < -0.39 is 0 Å². The fraction of sp³-hybridized carbons (Fsp3) is 0.333. The van der Waals surface area contributed by atoms with Gasteiger partial charge in [0.15, 0.2) is 0 Å². The van der Waals surface area contributed by atoms with Gasteiger partial charge in [-0.25, -0.2) is 5.73 Å². The molecule has 0 spiro atoms. The van der Waals surface area contributed by atoms with E-state index >= 15 is 0 Å². The maximum Gasteiger partial charge on any atom is 0.0983 e. The summed E-state index contributed by atoms with van der Waals surface area (Å²) >= 11 is 0. The van der Waals surface area contributed by atoms with Crippen LogP contribution in [0.4, 0.5) is 0 Å². The molecule has 0 saturated carbocycles. The molecule has 1 unspecified atom stereocenters. The molecule has 0 aliphatic rings. The van der Waals surface area contributed by atoms with Gasteiger partial charge in [-0.05, 0) is 19.7 Å². The molecule has 0 amide bonds. The first kappa shape index (κ1) is 8.24. The molecule has 0 fully saturated rings. The molecule has 0 heterocycles. The normalized spacial score (nSPS) is 13.5. The monoisotopic (exact) mass is 149 g/mol. The molecule has 1 aromatic carbocycles. The van der Waals surface area contributed by atoms with Crippen molar-refractivity contribution < 1.29 is 0 Å². The Balaban J connectivity index is 2.77. The van der Waals surface area contributed by atoms with E-state index in [4.69, 9.17) is 5.73 Å². The van der Waals surface area contributed by atoms with Gasteiger partial charge in [-0.1, -0.05) is 30.3 Å². The van der Waals surface area contributed by atoms with Gasteiger partial charge < -0.3 is 0 Å². The van der Waals surface area contributed by atoms with Gasteiger partial charge >= 0.3 is 0 Å². The average molecular weight is 149 g/mol. The van der Waals surface area contributed by atoms with Crippen LogP contribution in [0.1, 0.15) is 11.7 Å². The zero-order chi connectivity index (χ0) is 8.27. The predicted molar refractivity (Wildman–Crippen MR) is 46.0 cm³/mol. The second-order valence-corrected chi connectivity index (χ2v) is 2.78. The van der Waals surface area contributed by atoms with Crippen molar-refractivity contribution in [3.8, 4) is 0 Å². The summed E-state index contributed by atoms with van der Waals surface area (Å²) in [6, 6.07) is 9.82. The molecular formula is C9H13N2. The third kappa shape index (κ3) is 2.03. The molecule has 0 saturated heterocycles. The van der Waals surface area contributed by atoms with Crippen molar-refractivity contribution in [2.45, 2.75) is 6.17 Å². The summed E-state index contributed by atoms with van der Waals surface area (Å²) in [5.41, 5.74) is 8.73. The molecule has 2 heteroatoms. The average Bonchev–Trinajstić information content (AvgIpc) is 2.05. The molecule has 1 N–H and O–H groups in total. The third-order valence-corrected chi connectivity index (χ3v) is 1.63. The molecule has 11 heavy (non-hydrogen) atoms. The highest BCUT2D eigenvalue weighted by Gasteiger charge is 2.06. The fourth-order valence-electron chi connectivity index (χ4n) is 0.933. The van der Waals surface area contributed by atoms with Gasteiger partial charge in [-0.15, -0.1) is 0 Å². The lowest BCUT2D eigenvalue weighted by atomic mass is 10.2. The number of hydrogen-bond acceptors (Lipinski definition) is 1. The van der Waals surface area contributed by atoms with Gasteiger partial charge in [0.25, 0.3) is 0 Å². The maximum atomic E-state index is 7.69. The van der Waals surface area contributed by atoms with Crippen molar-refractivity contribution in [2.24, 2.45) is 0 Å². The molecule has 1 atom stereocenters. The van der Waals surface area contributed by atoms with Crippen molar-refractivity contribution in [3.63, 3.8) is 0 Å². The summed E-state index contributed by atoms with van der Waals surface area (Å²) in [5.74, 6) is 0. The van der Waals surface area contributed by atoms with E-state index in [0.717, 1.165) is 5.56 Å². The molecule has 59 valence electrons. The molecule has 0 aliphatic carbocycles. The molecule has 1 radical (unpaired) electrons. The zero-order valence-corrected chi connectivity index (χ0v) is 6.91. The van der Waals surface area contributed by atoms with E-state index in [1.807, 2.05) is 49.3 Å². The lowest BCUT2D eigenvalue weighted by Gasteiger charge is -2.18. The lowest BCUT2D eigenvalue weighted by Crippen LogP contribution is -2.20. The Hall–Kier alpha value is -0.860. The van der Waals surface area contributed by atoms with Gasteiger partial charge in [0.05, 0.1) is 6.17 Å². The summed E-state index contributed by atoms with van der Waals surface area (Å²) < 4.78 is 0.